The summed E-state index contributed by atoms with van der Waals surface area (Å²) in [6.07, 6.45) is 0. The van der Waals surface area contributed by atoms with Gasteiger partial charge >= 0.3 is 0 Å². The third-order valence-electron chi connectivity index (χ3n) is 3.39. The molecule has 20 heavy (non-hydrogen) atoms. The standard InChI is InChI=1S/C15H10N2O3/c16-8-14-12-4-2-1-3-10(12)9-20-15-6-5-11(17(18)19)7-13(14)15/h1-7,14H,9H2. The fraction of sp³-hybridized carbons (Fsp3) is 0.133. The van der Waals surface area contributed by atoms with Crippen LogP contribution in [0.5, 0.6) is 5.75 Å². The maximum absolute atomic E-state index is 10.9. The summed E-state index contributed by atoms with van der Waals surface area (Å²) < 4.78 is 5.67. The number of nitrogens with zero attached hydrogens (tertiary/aromatic N) is 2. The van der Waals surface area contributed by atoms with E-state index in [1.165, 1.54) is 12.1 Å². The van der Waals surface area contributed by atoms with Gasteiger partial charge in [0, 0.05) is 17.7 Å². The van der Waals surface area contributed by atoms with Crippen molar-refractivity contribution in [1.29, 1.82) is 5.26 Å². The minimum atomic E-state index is -0.552. The first-order valence-electron chi connectivity index (χ1n) is 6.09. The zero-order valence-electron chi connectivity index (χ0n) is 10.4. The molecule has 1 heterocycles. The zero-order chi connectivity index (χ0) is 14.1. The van der Waals surface area contributed by atoms with Gasteiger partial charge in [0.1, 0.15) is 18.3 Å². The average Bonchev–Trinajstić information content (AvgIpc) is 2.62. The van der Waals surface area contributed by atoms with Crippen LogP contribution in [-0.2, 0) is 6.61 Å². The lowest BCUT2D eigenvalue weighted by Gasteiger charge is -2.10. The average molecular weight is 266 g/mol. The highest BCUT2D eigenvalue weighted by molar-refractivity contribution is 5.54. The predicted molar refractivity (Wildman–Crippen MR) is 71.3 cm³/mol. The van der Waals surface area contributed by atoms with E-state index in [1.807, 2.05) is 24.3 Å². The monoisotopic (exact) mass is 266 g/mol. The van der Waals surface area contributed by atoms with Gasteiger partial charge in [0.05, 0.1) is 11.0 Å². The summed E-state index contributed by atoms with van der Waals surface area (Å²) >= 11 is 0. The molecule has 0 saturated heterocycles. The molecule has 1 aliphatic rings. The van der Waals surface area contributed by atoms with E-state index in [2.05, 4.69) is 6.07 Å². The Hall–Kier alpha value is -2.87. The van der Waals surface area contributed by atoms with Gasteiger partial charge in [-0.2, -0.15) is 5.26 Å². The molecule has 2 aromatic rings. The number of rotatable bonds is 1. The second kappa shape index (κ2) is 4.67. The number of hydrogen-bond acceptors (Lipinski definition) is 4. The number of ether oxygens (including phenoxy) is 1. The molecular weight excluding hydrogens is 256 g/mol. The van der Waals surface area contributed by atoms with Gasteiger partial charge in [0.25, 0.3) is 5.69 Å². The third kappa shape index (κ3) is 1.88. The summed E-state index contributed by atoms with van der Waals surface area (Å²) in [6, 6.07) is 14.1. The normalized spacial score (nSPS) is 16.1. The molecular formula is C15H10N2O3. The van der Waals surface area contributed by atoms with Crippen molar-refractivity contribution in [1.82, 2.24) is 0 Å². The fourth-order valence-electron chi connectivity index (χ4n) is 2.42. The number of nitro benzene ring substituents is 1. The van der Waals surface area contributed by atoms with Gasteiger partial charge in [-0.3, -0.25) is 10.1 Å². The van der Waals surface area contributed by atoms with Crippen LogP contribution in [0.15, 0.2) is 42.5 Å². The Morgan fingerprint density at radius 2 is 2.05 bits per heavy atom. The molecule has 5 heteroatoms. The molecule has 0 aromatic heterocycles. The fourth-order valence-corrected chi connectivity index (χ4v) is 2.42. The van der Waals surface area contributed by atoms with Crippen LogP contribution < -0.4 is 4.74 Å². The molecule has 1 atom stereocenters. The van der Waals surface area contributed by atoms with E-state index in [-0.39, 0.29) is 5.69 Å². The van der Waals surface area contributed by atoms with E-state index in [4.69, 9.17) is 4.74 Å². The molecule has 2 aromatic carbocycles. The van der Waals surface area contributed by atoms with Crippen LogP contribution in [0.25, 0.3) is 0 Å². The maximum atomic E-state index is 10.9. The number of benzene rings is 2. The molecule has 0 fully saturated rings. The second-order valence-electron chi connectivity index (χ2n) is 4.53. The van der Waals surface area contributed by atoms with E-state index >= 15 is 0 Å². The van der Waals surface area contributed by atoms with Gasteiger partial charge in [-0.05, 0) is 17.2 Å². The number of nitriles is 1. The SMILES string of the molecule is N#CC1c2ccccc2COc2ccc([N+](=O)[O-])cc21. The topological polar surface area (TPSA) is 76.2 Å². The van der Waals surface area contributed by atoms with Gasteiger partial charge in [-0.15, -0.1) is 0 Å². The Morgan fingerprint density at radius 3 is 2.80 bits per heavy atom. The molecule has 0 N–H and O–H groups in total. The molecule has 0 amide bonds. The van der Waals surface area contributed by atoms with Crippen molar-refractivity contribution in [2.45, 2.75) is 12.5 Å². The van der Waals surface area contributed by atoms with Gasteiger partial charge in [0.2, 0.25) is 0 Å². The molecule has 0 spiro atoms. The van der Waals surface area contributed by atoms with Crippen molar-refractivity contribution in [2.24, 2.45) is 0 Å². The molecule has 0 radical (unpaired) electrons. The van der Waals surface area contributed by atoms with Gasteiger partial charge in [-0.25, -0.2) is 0 Å². The van der Waals surface area contributed by atoms with Crippen LogP contribution in [0.2, 0.25) is 0 Å². The second-order valence-corrected chi connectivity index (χ2v) is 4.53. The van der Waals surface area contributed by atoms with E-state index in [1.54, 1.807) is 6.07 Å². The summed E-state index contributed by atoms with van der Waals surface area (Å²) in [6.45, 7) is 0.360. The summed E-state index contributed by atoms with van der Waals surface area (Å²) in [5.41, 5.74) is 2.28. The van der Waals surface area contributed by atoms with Crippen LogP contribution in [0.4, 0.5) is 5.69 Å². The van der Waals surface area contributed by atoms with E-state index in [9.17, 15) is 15.4 Å². The smallest absolute Gasteiger partial charge is 0.270 e. The molecule has 5 nitrogen and oxygen atoms in total. The minimum Gasteiger partial charge on any atom is -0.489 e. The van der Waals surface area contributed by atoms with Gasteiger partial charge in [-0.1, -0.05) is 24.3 Å². The molecule has 0 aliphatic carbocycles. The van der Waals surface area contributed by atoms with Crippen LogP contribution in [-0.4, -0.2) is 4.92 Å². The highest BCUT2D eigenvalue weighted by Gasteiger charge is 2.26. The lowest BCUT2D eigenvalue weighted by molar-refractivity contribution is -0.384. The van der Waals surface area contributed by atoms with Crippen LogP contribution in [0, 0.1) is 21.4 Å². The molecule has 0 bridgehead atoms. The zero-order valence-corrected chi connectivity index (χ0v) is 10.4. The lowest BCUT2D eigenvalue weighted by Crippen LogP contribution is -2.00. The Labute approximate surface area is 115 Å². The first-order valence-corrected chi connectivity index (χ1v) is 6.09. The highest BCUT2D eigenvalue weighted by Crippen LogP contribution is 2.38. The molecule has 98 valence electrons. The first-order chi connectivity index (χ1) is 9.70. The molecule has 3 rings (SSSR count). The predicted octanol–water partition coefficient (Wildman–Crippen LogP) is 3.14. The van der Waals surface area contributed by atoms with Crippen LogP contribution >= 0.6 is 0 Å². The first kappa shape index (κ1) is 12.2. The van der Waals surface area contributed by atoms with Crippen molar-refractivity contribution in [3.05, 3.63) is 69.3 Å². The van der Waals surface area contributed by atoms with Crippen molar-refractivity contribution in [2.75, 3.05) is 0 Å². The number of hydrogen-bond donors (Lipinski definition) is 0. The lowest BCUT2D eigenvalue weighted by atomic mass is 9.89. The Bertz CT molecular complexity index is 734. The molecule has 1 unspecified atom stereocenters. The van der Waals surface area contributed by atoms with E-state index < -0.39 is 10.8 Å². The van der Waals surface area contributed by atoms with E-state index in [0.717, 1.165) is 11.1 Å². The van der Waals surface area contributed by atoms with Gasteiger partial charge < -0.3 is 4.74 Å². The Morgan fingerprint density at radius 1 is 1.25 bits per heavy atom. The minimum absolute atomic E-state index is 0.0352. The quantitative estimate of drug-likeness (QED) is 0.587. The van der Waals surface area contributed by atoms with Crippen molar-refractivity contribution in [3.8, 4) is 11.8 Å². The number of nitro groups is 1. The van der Waals surface area contributed by atoms with Crippen molar-refractivity contribution < 1.29 is 9.66 Å². The largest absolute Gasteiger partial charge is 0.489 e. The number of fused-ring (bicyclic) bond motifs is 2. The summed E-state index contributed by atoms with van der Waals surface area (Å²) in [7, 11) is 0. The Balaban J connectivity index is 2.21. The maximum Gasteiger partial charge on any atom is 0.270 e. The van der Waals surface area contributed by atoms with Crippen molar-refractivity contribution >= 4 is 5.69 Å². The highest BCUT2D eigenvalue weighted by atomic mass is 16.6. The van der Waals surface area contributed by atoms with Crippen LogP contribution in [0.3, 0.4) is 0 Å². The van der Waals surface area contributed by atoms with Crippen LogP contribution in [0.1, 0.15) is 22.6 Å². The number of non-ortho nitro benzene ring substituents is 1. The summed E-state index contributed by atoms with van der Waals surface area (Å²) in [5, 5.41) is 20.4. The van der Waals surface area contributed by atoms with Crippen molar-refractivity contribution in [3.63, 3.8) is 0 Å². The van der Waals surface area contributed by atoms with Gasteiger partial charge in [0.15, 0.2) is 0 Å². The molecule has 1 aliphatic heterocycles. The Kier molecular flexibility index (Phi) is 2.84. The third-order valence-corrected chi connectivity index (χ3v) is 3.39. The summed E-state index contributed by atoms with van der Waals surface area (Å²) in [4.78, 5) is 10.4. The molecule has 0 saturated carbocycles. The van der Waals surface area contributed by atoms with E-state index in [0.29, 0.717) is 17.9 Å². The summed E-state index contributed by atoms with van der Waals surface area (Å²) in [5.74, 6) is -0.0260.